The van der Waals surface area contributed by atoms with E-state index in [1.807, 2.05) is 6.07 Å². The van der Waals surface area contributed by atoms with Gasteiger partial charge < -0.3 is 14.4 Å². The Kier molecular flexibility index (Phi) is 4.07. The SMILES string of the molecule is Cc1cccc(C)c1N1CCN(Cc2cccc3c2OCO3)CC1. The Bertz CT molecular complexity index is 716. The van der Waals surface area contributed by atoms with Crippen LogP contribution in [0.2, 0.25) is 0 Å². The summed E-state index contributed by atoms with van der Waals surface area (Å²) in [5.74, 6) is 1.80. The molecule has 2 aliphatic rings. The molecule has 4 heteroatoms. The molecule has 0 spiro atoms. The fraction of sp³-hybridized carbons (Fsp3) is 0.400. The van der Waals surface area contributed by atoms with Gasteiger partial charge in [-0.25, -0.2) is 0 Å². The number of anilines is 1. The maximum Gasteiger partial charge on any atom is 0.231 e. The molecule has 2 aliphatic heterocycles. The largest absolute Gasteiger partial charge is 0.454 e. The predicted octanol–water partition coefficient (Wildman–Crippen LogP) is 3.35. The summed E-state index contributed by atoms with van der Waals surface area (Å²) in [5, 5.41) is 0. The van der Waals surface area contributed by atoms with E-state index < -0.39 is 0 Å². The van der Waals surface area contributed by atoms with Crippen molar-refractivity contribution < 1.29 is 9.47 Å². The average Bonchev–Trinajstić information content (AvgIpc) is 3.06. The summed E-state index contributed by atoms with van der Waals surface area (Å²) >= 11 is 0. The zero-order valence-electron chi connectivity index (χ0n) is 14.4. The minimum absolute atomic E-state index is 0.340. The van der Waals surface area contributed by atoms with Crippen LogP contribution in [-0.2, 0) is 6.54 Å². The van der Waals surface area contributed by atoms with Crippen LogP contribution in [0, 0.1) is 13.8 Å². The molecule has 4 nitrogen and oxygen atoms in total. The molecule has 0 atom stereocenters. The van der Waals surface area contributed by atoms with Crippen LogP contribution in [0.25, 0.3) is 0 Å². The molecule has 4 rings (SSSR count). The molecule has 2 aromatic carbocycles. The first-order valence-electron chi connectivity index (χ1n) is 8.63. The van der Waals surface area contributed by atoms with Gasteiger partial charge in [-0.3, -0.25) is 4.90 Å². The summed E-state index contributed by atoms with van der Waals surface area (Å²) in [6.07, 6.45) is 0. The average molecular weight is 324 g/mol. The monoisotopic (exact) mass is 324 g/mol. The molecule has 24 heavy (non-hydrogen) atoms. The van der Waals surface area contributed by atoms with Crippen molar-refractivity contribution >= 4 is 5.69 Å². The van der Waals surface area contributed by atoms with Gasteiger partial charge in [-0.05, 0) is 31.0 Å². The van der Waals surface area contributed by atoms with Gasteiger partial charge in [0.15, 0.2) is 11.5 Å². The number of nitrogens with zero attached hydrogens (tertiary/aromatic N) is 2. The lowest BCUT2D eigenvalue weighted by Gasteiger charge is -2.37. The fourth-order valence-corrected chi connectivity index (χ4v) is 3.79. The second-order valence-corrected chi connectivity index (χ2v) is 6.65. The van der Waals surface area contributed by atoms with Crippen molar-refractivity contribution in [1.82, 2.24) is 4.90 Å². The molecule has 2 heterocycles. The van der Waals surface area contributed by atoms with Crippen LogP contribution in [0.5, 0.6) is 11.5 Å². The third-order valence-corrected chi connectivity index (χ3v) is 5.00. The maximum absolute atomic E-state index is 5.63. The van der Waals surface area contributed by atoms with Gasteiger partial charge in [0.2, 0.25) is 6.79 Å². The molecule has 0 aliphatic carbocycles. The molecule has 0 amide bonds. The molecule has 0 saturated carbocycles. The molecule has 0 radical (unpaired) electrons. The molecule has 0 unspecified atom stereocenters. The van der Waals surface area contributed by atoms with E-state index in [4.69, 9.17) is 9.47 Å². The molecule has 0 bridgehead atoms. The van der Waals surface area contributed by atoms with Gasteiger partial charge in [-0.15, -0.1) is 0 Å². The summed E-state index contributed by atoms with van der Waals surface area (Å²) in [4.78, 5) is 5.03. The second-order valence-electron chi connectivity index (χ2n) is 6.65. The molecule has 2 aromatic rings. The highest BCUT2D eigenvalue weighted by Crippen LogP contribution is 2.36. The zero-order chi connectivity index (χ0) is 16.5. The molecular formula is C20H24N2O2. The molecule has 0 aromatic heterocycles. The van der Waals surface area contributed by atoms with E-state index >= 15 is 0 Å². The predicted molar refractivity (Wildman–Crippen MR) is 96.0 cm³/mol. The molecule has 0 N–H and O–H groups in total. The number of fused-ring (bicyclic) bond motifs is 1. The number of para-hydroxylation sites is 2. The summed E-state index contributed by atoms with van der Waals surface area (Å²) in [6.45, 7) is 9.95. The van der Waals surface area contributed by atoms with Crippen LogP contribution in [-0.4, -0.2) is 37.9 Å². The quantitative estimate of drug-likeness (QED) is 0.864. The highest BCUT2D eigenvalue weighted by atomic mass is 16.7. The fourth-order valence-electron chi connectivity index (χ4n) is 3.79. The van der Waals surface area contributed by atoms with Crippen molar-refractivity contribution in [3.8, 4) is 11.5 Å². The van der Waals surface area contributed by atoms with E-state index in [1.165, 1.54) is 22.4 Å². The Morgan fingerprint density at radius 1 is 0.875 bits per heavy atom. The number of rotatable bonds is 3. The minimum Gasteiger partial charge on any atom is -0.454 e. The first kappa shape index (κ1) is 15.3. The van der Waals surface area contributed by atoms with E-state index in [0.717, 1.165) is 44.2 Å². The van der Waals surface area contributed by atoms with E-state index in [0.29, 0.717) is 6.79 Å². The third kappa shape index (κ3) is 2.82. The Hall–Kier alpha value is -2.20. The van der Waals surface area contributed by atoms with Crippen LogP contribution in [0.15, 0.2) is 36.4 Å². The third-order valence-electron chi connectivity index (χ3n) is 5.00. The smallest absolute Gasteiger partial charge is 0.231 e. The summed E-state index contributed by atoms with van der Waals surface area (Å²) < 4.78 is 11.1. The second kappa shape index (κ2) is 6.36. The first-order valence-corrected chi connectivity index (χ1v) is 8.63. The van der Waals surface area contributed by atoms with E-state index in [2.05, 4.69) is 54.0 Å². The number of hydrogen-bond acceptors (Lipinski definition) is 4. The lowest BCUT2D eigenvalue weighted by Crippen LogP contribution is -2.46. The van der Waals surface area contributed by atoms with E-state index in [9.17, 15) is 0 Å². The van der Waals surface area contributed by atoms with Gasteiger partial charge in [-0.2, -0.15) is 0 Å². The summed E-state index contributed by atoms with van der Waals surface area (Å²) in [6, 6.07) is 12.7. The summed E-state index contributed by atoms with van der Waals surface area (Å²) in [5.41, 5.74) is 5.38. The molecular weight excluding hydrogens is 300 g/mol. The van der Waals surface area contributed by atoms with Crippen molar-refractivity contribution in [3.63, 3.8) is 0 Å². The lowest BCUT2D eigenvalue weighted by atomic mass is 10.1. The van der Waals surface area contributed by atoms with Crippen LogP contribution in [0.3, 0.4) is 0 Å². The Labute approximate surface area is 143 Å². The van der Waals surface area contributed by atoms with Gasteiger partial charge >= 0.3 is 0 Å². The van der Waals surface area contributed by atoms with Crippen LogP contribution < -0.4 is 14.4 Å². The number of benzene rings is 2. The lowest BCUT2D eigenvalue weighted by molar-refractivity contribution is 0.171. The number of hydrogen-bond donors (Lipinski definition) is 0. The van der Waals surface area contributed by atoms with Crippen LogP contribution in [0.4, 0.5) is 5.69 Å². The minimum atomic E-state index is 0.340. The van der Waals surface area contributed by atoms with Gasteiger partial charge in [0.05, 0.1) is 0 Å². The van der Waals surface area contributed by atoms with Crippen molar-refractivity contribution in [2.45, 2.75) is 20.4 Å². The maximum atomic E-state index is 5.63. The van der Waals surface area contributed by atoms with Gasteiger partial charge in [-0.1, -0.05) is 30.3 Å². The van der Waals surface area contributed by atoms with Crippen molar-refractivity contribution in [3.05, 3.63) is 53.1 Å². The number of ether oxygens (including phenoxy) is 2. The van der Waals surface area contributed by atoms with E-state index in [-0.39, 0.29) is 0 Å². The number of aryl methyl sites for hydroxylation is 2. The molecule has 1 saturated heterocycles. The molecule has 1 fully saturated rings. The van der Waals surface area contributed by atoms with Crippen LogP contribution in [0.1, 0.15) is 16.7 Å². The topological polar surface area (TPSA) is 24.9 Å². The number of piperazine rings is 1. The van der Waals surface area contributed by atoms with Gasteiger partial charge in [0.25, 0.3) is 0 Å². The Balaban J connectivity index is 1.43. The van der Waals surface area contributed by atoms with E-state index in [1.54, 1.807) is 0 Å². The van der Waals surface area contributed by atoms with Gasteiger partial charge in [0, 0.05) is 44.0 Å². The van der Waals surface area contributed by atoms with Crippen LogP contribution >= 0.6 is 0 Å². The summed E-state index contributed by atoms with van der Waals surface area (Å²) in [7, 11) is 0. The standard InChI is InChI=1S/C20H24N2O2/c1-15-5-3-6-16(2)19(15)22-11-9-21(10-12-22)13-17-7-4-8-18-20(17)24-14-23-18/h3-8H,9-14H2,1-2H3. The van der Waals surface area contributed by atoms with Crippen molar-refractivity contribution in [2.75, 3.05) is 37.9 Å². The van der Waals surface area contributed by atoms with Gasteiger partial charge in [0.1, 0.15) is 0 Å². The highest BCUT2D eigenvalue weighted by molar-refractivity contribution is 5.59. The van der Waals surface area contributed by atoms with Crippen molar-refractivity contribution in [1.29, 1.82) is 0 Å². The zero-order valence-corrected chi connectivity index (χ0v) is 14.4. The first-order chi connectivity index (χ1) is 11.7. The normalized spacial score (nSPS) is 17.3. The highest BCUT2D eigenvalue weighted by Gasteiger charge is 2.23. The Morgan fingerprint density at radius 2 is 1.58 bits per heavy atom. The van der Waals surface area contributed by atoms with Crippen molar-refractivity contribution in [2.24, 2.45) is 0 Å². The Morgan fingerprint density at radius 3 is 2.33 bits per heavy atom. The molecule has 126 valence electrons.